The number of carbonyl (C=O) groups is 1. The third-order valence-electron chi connectivity index (χ3n) is 6.22. The zero-order chi connectivity index (χ0) is 26.6. The normalized spacial score (nSPS) is 12.5. The Morgan fingerprint density at radius 1 is 1.14 bits per heavy atom. The van der Waals surface area contributed by atoms with E-state index in [1.165, 1.54) is 10.6 Å². The predicted molar refractivity (Wildman–Crippen MR) is 141 cm³/mol. The van der Waals surface area contributed by atoms with Gasteiger partial charge in [-0.15, -0.1) is 0 Å². The van der Waals surface area contributed by atoms with Gasteiger partial charge in [0, 0.05) is 17.3 Å². The van der Waals surface area contributed by atoms with Crippen LogP contribution in [0, 0.1) is 12.8 Å². The summed E-state index contributed by atoms with van der Waals surface area (Å²) in [5.74, 6) is -0.370. The van der Waals surface area contributed by atoms with Crippen molar-refractivity contribution in [2.75, 3.05) is 10.5 Å². The van der Waals surface area contributed by atoms with Gasteiger partial charge in [0.15, 0.2) is 11.6 Å². The van der Waals surface area contributed by atoms with Crippen LogP contribution in [0.5, 0.6) is 0 Å². The number of nitrogens with zero attached hydrogens (tertiary/aromatic N) is 3. The summed E-state index contributed by atoms with van der Waals surface area (Å²) >= 11 is 0. The van der Waals surface area contributed by atoms with Gasteiger partial charge in [-0.1, -0.05) is 42.4 Å². The molecule has 3 N–H and O–H groups in total. The van der Waals surface area contributed by atoms with Gasteiger partial charge in [-0.25, -0.2) is 13.4 Å². The molecule has 0 bridgehead atoms. The second kappa shape index (κ2) is 11.0. The number of aryl methyl sites for hydroxylation is 2. The zero-order valence-electron chi connectivity index (χ0n) is 20.7. The van der Waals surface area contributed by atoms with E-state index in [1.54, 1.807) is 43.3 Å². The van der Waals surface area contributed by atoms with Crippen LogP contribution in [0.15, 0.2) is 63.9 Å². The van der Waals surface area contributed by atoms with Crippen molar-refractivity contribution in [3.63, 3.8) is 0 Å². The number of hydrogen-bond donors (Lipinski definition) is 2. The number of benzene rings is 1. The van der Waals surface area contributed by atoms with Crippen LogP contribution in [0.25, 0.3) is 11.1 Å². The van der Waals surface area contributed by atoms with Gasteiger partial charge in [0.25, 0.3) is 11.3 Å². The van der Waals surface area contributed by atoms with Crippen molar-refractivity contribution < 1.29 is 17.7 Å². The molecule has 1 aromatic carbocycles. The van der Waals surface area contributed by atoms with E-state index in [9.17, 15) is 18.0 Å². The minimum Gasteiger partial charge on any atom is -0.380 e. The Morgan fingerprint density at radius 2 is 1.89 bits per heavy atom. The number of nitrogens with two attached hydrogens (primary N) is 1. The Hall–Kier alpha value is -3.99. The smallest absolute Gasteiger partial charge is 0.275 e. The lowest BCUT2D eigenvalue weighted by Crippen LogP contribution is -2.31. The topological polar surface area (TPSA) is 150 Å². The van der Waals surface area contributed by atoms with E-state index >= 15 is 0 Å². The summed E-state index contributed by atoms with van der Waals surface area (Å²) in [6.45, 7) is 3.39. The molecule has 0 fully saturated rings. The monoisotopic (exact) mass is 523 g/mol. The summed E-state index contributed by atoms with van der Waals surface area (Å²) in [7, 11) is -3.81. The van der Waals surface area contributed by atoms with Gasteiger partial charge in [-0.05, 0) is 56.0 Å². The highest BCUT2D eigenvalue weighted by molar-refractivity contribution is 7.91. The van der Waals surface area contributed by atoms with Gasteiger partial charge in [0.05, 0.1) is 17.7 Å². The summed E-state index contributed by atoms with van der Waals surface area (Å²) in [5.41, 5.74) is 7.44. The molecule has 0 saturated carbocycles. The molecule has 194 valence electrons. The second-order valence-electron chi connectivity index (χ2n) is 9.11. The summed E-state index contributed by atoms with van der Waals surface area (Å²) in [6, 6.07) is 15.4. The number of carbonyl (C=O) groups excluding carboxylic acids is 1. The molecule has 0 aliphatic rings. The first kappa shape index (κ1) is 26.1. The highest BCUT2D eigenvalue weighted by atomic mass is 32.2. The molecule has 3 aromatic heterocycles. The van der Waals surface area contributed by atoms with E-state index in [0.29, 0.717) is 47.4 Å². The Kier molecular flexibility index (Phi) is 7.72. The van der Waals surface area contributed by atoms with Crippen LogP contribution in [0.3, 0.4) is 0 Å². The number of rotatable bonds is 11. The number of nitrogens with one attached hydrogen (secondary N) is 1. The summed E-state index contributed by atoms with van der Waals surface area (Å²) in [6.07, 6.45) is 1.96. The van der Waals surface area contributed by atoms with E-state index in [0.717, 1.165) is 5.69 Å². The number of anilines is 2. The van der Waals surface area contributed by atoms with Crippen molar-refractivity contribution in [1.29, 1.82) is 0 Å². The predicted octanol–water partition coefficient (Wildman–Crippen LogP) is 3.45. The van der Waals surface area contributed by atoms with Crippen molar-refractivity contribution in [3.05, 3.63) is 81.9 Å². The number of Topliss-reactive ketones (excluding diaryl/α,β-unsaturated/α-hetero) is 1. The van der Waals surface area contributed by atoms with Crippen molar-refractivity contribution in [3.8, 4) is 0 Å². The minimum absolute atomic E-state index is 0.0866. The van der Waals surface area contributed by atoms with Crippen LogP contribution in [0.2, 0.25) is 0 Å². The van der Waals surface area contributed by atoms with Gasteiger partial charge >= 0.3 is 0 Å². The standard InChI is InChI=1S/C26H29N5O5S/c1-17(7-6-10-20-12-13-21-24(27)29-36-25(21)28-20)23(32)15-31-18(2)11-14-22(26(31)33)30-37(34,35)16-19-8-4-3-5-9-19/h3-5,8-9,11-14,17,30H,6-7,10,15-16H2,1-2H3,(H2,27,29). The Balaban J connectivity index is 1.37. The fourth-order valence-corrected chi connectivity index (χ4v) is 5.22. The van der Waals surface area contributed by atoms with E-state index in [1.807, 2.05) is 19.1 Å². The first-order valence-corrected chi connectivity index (χ1v) is 13.6. The molecule has 4 aromatic rings. The molecule has 37 heavy (non-hydrogen) atoms. The minimum atomic E-state index is -3.81. The zero-order valence-corrected chi connectivity index (χ0v) is 21.5. The van der Waals surface area contributed by atoms with E-state index in [-0.39, 0.29) is 29.7 Å². The van der Waals surface area contributed by atoms with Gasteiger partial charge in [-0.3, -0.25) is 14.3 Å². The average molecular weight is 524 g/mol. The number of ketones is 1. The average Bonchev–Trinajstić information content (AvgIpc) is 3.23. The molecule has 0 spiro atoms. The third kappa shape index (κ3) is 6.42. The van der Waals surface area contributed by atoms with Gasteiger partial charge in [0.1, 0.15) is 5.69 Å². The Labute approximate surface area is 214 Å². The molecule has 3 heterocycles. The molecule has 0 aliphatic carbocycles. The molecule has 1 atom stereocenters. The van der Waals surface area contributed by atoms with Crippen molar-refractivity contribution in [2.45, 2.75) is 45.4 Å². The quantitative estimate of drug-likeness (QED) is 0.303. The highest BCUT2D eigenvalue weighted by Gasteiger charge is 2.19. The van der Waals surface area contributed by atoms with Crippen molar-refractivity contribution in [2.24, 2.45) is 5.92 Å². The fourth-order valence-electron chi connectivity index (χ4n) is 4.03. The molecule has 11 heteroatoms. The van der Waals surface area contributed by atoms with E-state index in [4.69, 9.17) is 10.3 Å². The van der Waals surface area contributed by atoms with E-state index in [2.05, 4.69) is 14.9 Å². The number of fused-ring (bicyclic) bond motifs is 1. The SMILES string of the molecule is Cc1ccc(NS(=O)(=O)Cc2ccccc2)c(=O)n1CC(=O)C(C)CCCc1ccc2c(N)noc2n1. The molecule has 0 amide bonds. The molecule has 0 saturated heterocycles. The first-order valence-electron chi connectivity index (χ1n) is 11.9. The van der Waals surface area contributed by atoms with Crippen molar-refractivity contribution >= 4 is 38.4 Å². The fraction of sp³-hybridized carbons (Fsp3) is 0.308. The lowest BCUT2D eigenvalue weighted by atomic mass is 9.98. The van der Waals surface area contributed by atoms with Crippen LogP contribution in [-0.4, -0.2) is 28.9 Å². The largest absolute Gasteiger partial charge is 0.380 e. The lowest BCUT2D eigenvalue weighted by Gasteiger charge is -2.15. The number of nitrogen functional groups attached to an aromatic ring is 1. The molecule has 0 radical (unpaired) electrons. The van der Waals surface area contributed by atoms with E-state index < -0.39 is 15.6 Å². The van der Waals surface area contributed by atoms with Crippen molar-refractivity contribution in [1.82, 2.24) is 14.7 Å². The van der Waals surface area contributed by atoms with Crippen LogP contribution < -0.4 is 16.0 Å². The number of hydrogen-bond acceptors (Lipinski definition) is 8. The summed E-state index contributed by atoms with van der Waals surface area (Å²) in [5, 5.41) is 4.36. The van der Waals surface area contributed by atoms with Gasteiger partial charge < -0.3 is 14.8 Å². The molecular formula is C26H29N5O5S. The van der Waals surface area contributed by atoms with Crippen LogP contribution >= 0.6 is 0 Å². The van der Waals surface area contributed by atoms with Gasteiger partial charge in [-0.2, -0.15) is 0 Å². The number of aromatic nitrogens is 3. The van der Waals surface area contributed by atoms with Gasteiger partial charge in [0.2, 0.25) is 10.0 Å². The Bertz CT molecular complexity index is 1580. The second-order valence-corrected chi connectivity index (χ2v) is 10.8. The molecule has 10 nitrogen and oxygen atoms in total. The molecule has 4 rings (SSSR count). The lowest BCUT2D eigenvalue weighted by molar-refractivity contribution is -0.123. The van der Waals surface area contributed by atoms with Crippen LogP contribution in [0.1, 0.15) is 36.7 Å². The molecule has 1 unspecified atom stereocenters. The maximum absolute atomic E-state index is 13.0. The highest BCUT2D eigenvalue weighted by Crippen LogP contribution is 2.20. The van der Waals surface area contributed by atoms with Crippen LogP contribution in [0.4, 0.5) is 11.5 Å². The maximum atomic E-state index is 13.0. The number of sulfonamides is 1. The first-order chi connectivity index (χ1) is 17.6. The molecular weight excluding hydrogens is 494 g/mol. The number of pyridine rings is 2. The maximum Gasteiger partial charge on any atom is 0.275 e. The third-order valence-corrected chi connectivity index (χ3v) is 7.46. The Morgan fingerprint density at radius 3 is 2.65 bits per heavy atom. The summed E-state index contributed by atoms with van der Waals surface area (Å²) < 4.78 is 34.0. The molecule has 0 aliphatic heterocycles. The summed E-state index contributed by atoms with van der Waals surface area (Å²) in [4.78, 5) is 30.4. The van der Waals surface area contributed by atoms with Crippen LogP contribution in [-0.2, 0) is 33.5 Å².